The zero-order valence-electron chi connectivity index (χ0n) is 13.0. The first-order chi connectivity index (χ1) is 10.3. The highest BCUT2D eigenvalue weighted by Crippen LogP contribution is 2.13. The van der Waals surface area contributed by atoms with E-state index in [1.807, 2.05) is 6.92 Å². The molecule has 4 heteroatoms. The number of hydrogen-bond donors (Lipinski definition) is 2. The standard InChI is InChI=1S/C17H27N3O/c1-2-18-17(21)8-11-19-16-9-12-20(13-10-16)14-15-6-4-3-5-7-15/h3-7,16,19H,2,8-14H2,1H3,(H,18,21). The molecule has 1 aliphatic rings. The summed E-state index contributed by atoms with van der Waals surface area (Å²) in [5.41, 5.74) is 1.39. The van der Waals surface area contributed by atoms with Crippen LogP contribution in [0.5, 0.6) is 0 Å². The average Bonchev–Trinajstić information content (AvgIpc) is 2.50. The Hall–Kier alpha value is -1.39. The Kier molecular flexibility index (Phi) is 6.70. The number of rotatable bonds is 7. The summed E-state index contributed by atoms with van der Waals surface area (Å²) in [6, 6.07) is 11.2. The summed E-state index contributed by atoms with van der Waals surface area (Å²) < 4.78 is 0. The van der Waals surface area contributed by atoms with Gasteiger partial charge in [-0.3, -0.25) is 9.69 Å². The van der Waals surface area contributed by atoms with Crippen molar-refractivity contribution >= 4 is 5.91 Å². The fourth-order valence-electron chi connectivity index (χ4n) is 2.81. The summed E-state index contributed by atoms with van der Waals surface area (Å²) in [6.45, 7) is 6.77. The van der Waals surface area contributed by atoms with Gasteiger partial charge in [-0.25, -0.2) is 0 Å². The number of likely N-dealkylation sites (tertiary alicyclic amines) is 1. The van der Waals surface area contributed by atoms with Crippen LogP contribution in [0.1, 0.15) is 31.7 Å². The SMILES string of the molecule is CCNC(=O)CCNC1CCN(Cc2ccccc2)CC1. The van der Waals surface area contributed by atoms with Gasteiger partial charge in [0.1, 0.15) is 0 Å². The van der Waals surface area contributed by atoms with Crippen LogP contribution < -0.4 is 10.6 Å². The predicted molar refractivity (Wildman–Crippen MR) is 86.0 cm³/mol. The molecule has 0 bridgehead atoms. The molecule has 1 amide bonds. The van der Waals surface area contributed by atoms with E-state index in [1.165, 1.54) is 18.4 Å². The van der Waals surface area contributed by atoms with E-state index in [9.17, 15) is 4.79 Å². The summed E-state index contributed by atoms with van der Waals surface area (Å²) in [5.74, 6) is 0.145. The van der Waals surface area contributed by atoms with Crippen molar-refractivity contribution in [3.05, 3.63) is 35.9 Å². The number of carbonyl (C=O) groups excluding carboxylic acids is 1. The second-order valence-corrected chi connectivity index (χ2v) is 5.69. The molecule has 1 aliphatic heterocycles. The third-order valence-corrected chi connectivity index (χ3v) is 4.00. The molecule has 0 unspecified atom stereocenters. The van der Waals surface area contributed by atoms with Gasteiger partial charge < -0.3 is 10.6 Å². The van der Waals surface area contributed by atoms with Crippen LogP contribution in [0.2, 0.25) is 0 Å². The third-order valence-electron chi connectivity index (χ3n) is 4.00. The minimum Gasteiger partial charge on any atom is -0.356 e. The Bertz CT molecular complexity index is 413. The molecule has 0 radical (unpaired) electrons. The number of benzene rings is 1. The highest BCUT2D eigenvalue weighted by Gasteiger charge is 2.18. The Balaban J connectivity index is 1.61. The van der Waals surface area contributed by atoms with E-state index in [-0.39, 0.29) is 5.91 Å². The van der Waals surface area contributed by atoms with Crippen molar-refractivity contribution < 1.29 is 4.79 Å². The molecule has 0 saturated carbocycles. The van der Waals surface area contributed by atoms with Gasteiger partial charge in [0.05, 0.1) is 0 Å². The molecule has 1 saturated heterocycles. The number of amides is 1. The van der Waals surface area contributed by atoms with Gasteiger partial charge in [-0.1, -0.05) is 30.3 Å². The first-order valence-corrected chi connectivity index (χ1v) is 8.04. The molecule has 0 aromatic heterocycles. The normalized spacial score (nSPS) is 16.8. The Morgan fingerprint density at radius 2 is 1.95 bits per heavy atom. The van der Waals surface area contributed by atoms with Crippen LogP contribution in [-0.2, 0) is 11.3 Å². The molecule has 21 heavy (non-hydrogen) atoms. The molecular weight excluding hydrogens is 262 g/mol. The maximum Gasteiger partial charge on any atom is 0.221 e. The highest BCUT2D eigenvalue weighted by molar-refractivity contribution is 5.75. The van der Waals surface area contributed by atoms with Crippen molar-refractivity contribution in [3.8, 4) is 0 Å². The molecule has 0 spiro atoms. The van der Waals surface area contributed by atoms with E-state index in [2.05, 4.69) is 45.9 Å². The van der Waals surface area contributed by atoms with E-state index in [4.69, 9.17) is 0 Å². The van der Waals surface area contributed by atoms with Gasteiger partial charge in [0.25, 0.3) is 0 Å². The van der Waals surface area contributed by atoms with Gasteiger partial charge in [0, 0.05) is 32.1 Å². The number of carbonyl (C=O) groups is 1. The first-order valence-electron chi connectivity index (χ1n) is 8.04. The van der Waals surface area contributed by atoms with Gasteiger partial charge in [0.2, 0.25) is 5.91 Å². The number of piperidine rings is 1. The lowest BCUT2D eigenvalue weighted by Gasteiger charge is -2.32. The molecule has 1 heterocycles. The number of nitrogens with zero attached hydrogens (tertiary/aromatic N) is 1. The molecular formula is C17H27N3O. The summed E-state index contributed by atoms with van der Waals surface area (Å²) in [7, 11) is 0. The van der Waals surface area contributed by atoms with Gasteiger partial charge in [-0.05, 0) is 38.4 Å². The van der Waals surface area contributed by atoms with Crippen molar-refractivity contribution in [1.82, 2.24) is 15.5 Å². The average molecular weight is 289 g/mol. The molecule has 1 aromatic rings. The zero-order chi connectivity index (χ0) is 14.9. The second kappa shape index (κ2) is 8.80. The summed E-state index contributed by atoms with van der Waals surface area (Å²) in [5, 5.41) is 6.34. The molecule has 4 nitrogen and oxygen atoms in total. The van der Waals surface area contributed by atoms with Crippen molar-refractivity contribution in [2.45, 2.75) is 38.8 Å². The summed E-state index contributed by atoms with van der Waals surface area (Å²) in [4.78, 5) is 13.9. The molecule has 0 atom stereocenters. The molecule has 1 fully saturated rings. The van der Waals surface area contributed by atoms with E-state index in [0.29, 0.717) is 12.5 Å². The zero-order valence-corrected chi connectivity index (χ0v) is 13.0. The van der Waals surface area contributed by atoms with Gasteiger partial charge in [-0.2, -0.15) is 0 Å². The molecule has 2 N–H and O–H groups in total. The first kappa shape index (κ1) is 16.0. The van der Waals surface area contributed by atoms with Crippen LogP contribution in [-0.4, -0.2) is 43.0 Å². The lowest BCUT2D eigenvalue weighted by molar-refractivity contribution is -0.120. The van der Waals surface area contributed by atoms with Crippen LogP contribution in [0.15, 0.2) is 30.3 Å². The largest absolute Gasteiger partial charge is 0.356 e. The van der Waals surface area contributed by atoms with Crippen molar-refractivity contribution in [3.63, 3.8) is 0 Å². The van der Waals surface area contributed by atoms with Crippen LogP contribution in [0.3, 0.4) is 0 Å². The Morgan fingerprint density at radius 3 is 2.62 bits per heavy atom. The lowest BCUT2D eigenvalue weighted by Crippen LogP contribution is -2.43. The fourth-order valence-corrected chi connectivity index (χ4v) is 2.81. The van der Waals surface area contributed by atoms with E-state index >= 15 is 0 Å². The number of hydrogen-bond acceptors (Lipinski definition) is 3. The van der Waals surface area contributed by atoms with E-state index in [0.717, 1.165) is 32.7 Å². The van der Waals surface area contributed by atoms with Crippen molar-refractivity contribution in [2.24, 2.45) is 0 Å². The van der Waals surface area contributed by atoms with Crippen LogP contribution in [0.25, 0.3) is 0 Å². The van der Waals surface area contributed by atoms with Gasteiger partial charge in [-0.15, -0.1) is 0 Å². The molecule has 116 valence electrons. The smallest absolute Gasteiger partial charge is 0.221 e. The summed E-state index contributed by atoms with van der Waals surface area (Å²) in [6.07, 6.45) is 2.92. The minimum absolute atomic E-state index is 0.145. The van der Waals surface area contributed by atoms with Crippen LogP contribution in [0.4, 0.5) is 0 Å². The summed E-state index contributed by atoms with van der Waals surface area (Å²) >= 11 is 0. The van der Waals surface area contributed by atoms with Crippen LogP contribution in [0, 0.1) is 0 Å². The topological polar surface area (TPSA) is 44.4 Å². The highest BCUT2D eigenvalue weighted by atomic mass is 16.1. The number of nitrogens with one attached hydrogen (secondary N) is 2. The maximum atomic E-state index is 11.4. The molecule has 1 aromatic carbocycles. The van der Waals surface area contributed by atoms with Crippen molar-refractivity contribution in [2.75, 3.05) is 26.2 Å². The Labute approximate surface area is 127 Å². The monoisotopic (exact) mass is 289 g/mol. The van der Waals surface area contributed by atoms with Gasteiger partial charge >= 0.3 is 0 Å². The Morgan fingerprint density at radius 1 is 1.24 bits per heavy atom. The minimum atomic E-state index is 0.145. The van der Waals surface area contributed by atoms with E-state index in [1.54, 1.807) is 0 Å². The maximum absolute atomic E-state index is 11.4. The fraction of sp³-hybridized carbons (Fsp3) is 0.588. The van der Waals surface area contributed by atoms with E-state index < -0.39 is 0 Å². The third kappa shape index (κ3) is 5.86. The molecule has 0 aliphatic carbocycles. The predicted octanol–water partition coefficient (Wildman–Crippen LogP) is 1.77. The quantitative estimate of drug-likeness (QED) is 0.804. The van der Waals surface area contributed by atoms with Crippen molar-refractivity contribution in [1.29, 1.82) is 0 Å². The molecule has 2 rings (SSSR count). The van der Waals surface area contributed by atoms with Crippen LogP contribution >= 0.6 is 0 Å². The second-order valence-electron chi connectivity index (χ2n) is 5.69. The lowest BCUT2D eigenvalue weighted by atomic mass is 10.0. The van der Waals surface area contributed by atoms with Gasteiger partial charge in [0.15, 0.2) is 0 Å².